The van der Waals surface area contributed by atoms with Crippen LogP contribution in [0.2, 0.25) is 0 Å². The van der Waals surface area contributed by atoms with E-state index in [4.69, 9.17) is 5.26 Å². The van der Waals surface area contributed by atoms with E-state index in [1.165, 1.54) is 0 Å². The molecule has 0 amide bonds. The maximum atomic E-state index is 12.7. The Labute approximate surface area is 152 Å². The summed E-state index contributed by atoms with van der Waals surface area (Å²) >= 11 is 0. The zero-order valence-electron chi connectivity index (χ0n) is 14.2. The molecule has 1 aliphatic rings. The molecule has 1 heterocycles. The number of fused-ring (bicyclic) bond motifs is 1. The number of hydrogen-bond acceptors (Lipinski definition) is 3. The SMILES string of the molecule is N#CCCn1cc(/C=C2\Cc3ccccc3C2=O)c(-c2ccccc2)n1. The molecule has 4 nitrogen and oxygen atoms in total. The third-order valence-electron chi connectivity index (χ3n) is 4.55. The summed E-state index contributed by atoms with van der Waals surface area (Å²) in [7, 11) is 0. The van der Waals surface area contributed by atoms with Crippen LogP contribution in [0.4, 0.5) is 0 Å². The van der Waals surface area contributed by atoms with E-state index < -0.39 is 0 Å². The summed E-state index contributed by atoms with van der Waals surface area (Å²) in [5.41, 5.74) is 5.38. The zero-order valence-corrected chi connectivity index (χ0v) is 14.2. The number of carbonyl (C=O) groups excluding carboxylic acids is 1. The molecular weight excluding hydrogens is 322 g/mol. The number of Topliss-reactive ketones (excluding diaryl/α,β-unsaturated/α-hetero) is 1. The van der Waals surface area contributed by atoms with Crippen LogP contribution >= 0.6 is 0 Å². The highest BCUT2D eigenvalue weighted by Gasteiger charge is 2.24. The number of nitrogens with zero attached hydrogens (tertiary/aromatic N) is 3. The van der Waals surface area contributed by atoms with E-state index in [2.05, 4.69) is 11.2 Å². The van der Waals surface area contributed by atoms with Gasteiger partial charge in [-0.25, -0.2) is 0 Å². The molecule has 0 bridgehead atoms. The zero-order chi connectivity index (χ0) is 17.9. The number of benzene rings is 2. The molecule has 4 heteroatoms. The van der Waals surface area contributed by atoms with E-state index in [0.29, 0.717) is 19.4 Å². The van der Waals surface area contributed by atoms with Crippen molar-refractivity contribution in [1.29, 1.82) is 5.26 Å². The summed E-state index contributed by atoms with van der Waals surface area (Å²) in [6.45, 7) is 0.535. The lowest BCUT2D eigenvalue weighted by Gasteiger charge is -1.99. The highest BCUT2D eigenvalue weighted by molar-refractivity contribution is 6.15. The first kappa shape index (κ1) is 16.0. The van der Waals surface area contributed by atoms with Gasteiger partial charge in [-0.2, -0.15) is 10.4 Å². The normalized spacial score (nSPS) is 14.4. The molecule has 0 saturated heterocycles. The summed E-state index contributed by atoms with van der Waals surface area (Å²) in [5, 5.41) is 13.5. The highest BCUT2D eigenvalue weighted by atomic mass is 16.1. The maximum Gasteiger partial charge on any atom is 0.189 e. The molecule has 0 spiro atoms. The van der Waals surface area contributed by atoms with Gasteiger partial charge in [0, 0.05) is 34.9 Å². The quantitative estimate of drug-likeness (QED) is 0.666. The Balaban J connectivity index is 1.76. The van der Waals surface area contributed by atoms with Gasteiger partial charge >= 0.3 is 0 Å². The van der Waals surface area contributed by atoms with Gasteiger partial charge in [-0.05, 0) is 11.6 Å². The standard InChI is InChI=1S/C22H17N3O/c23-11-6-12-25-15-19(21(24-25)16-7-2-1-3-8-16)14-18-13-17-9-4-5-10-20(17)22(18)26/h1-5,7-10,14-15H,6,12-13H2/b18-14+. The first-order valence-electron chi connectivity index (χ1n) is 8.59. The van der Waals surface area contributed by atoms with E-state index in [1.54, 1.807) is 4.68 Å². The maximum absolute atomic E-state index is 12.7. The predicted octanol–water partition coefficient (Wildman–Crippen LogP) is 4.29. The Kier molecular flexibility index (Phi) is 4.20. The van der Waals surface area contributed by atoms with Crippen molar-refractivity contribution < 1.29 is 4.79 Å². The van der Waals surface area contributed by atoms with Crippen LogP contribution in [0, 0.1) is 11.3 Å². The smallest absolute Gasteiger partial charge is 0.189 e. The second-order valence-electron chi connectivity index (χ2n) is 6.30. The average Bonchev–Trinajstić information content (AvgIpc) is 3.23. The lowest BCUT2D eigenvalue weighted by atomic mass is 10.0. The number of hydrogen-bond donors (Lipinski definition) is 0. The molecule has 26 heavy (non-hydrogen) atoms. The minimum Gasteiger partial charge on any atom is -0.289 e. The number of carbonyl (C=O) groups is 1. The fourth-order valence-electron chi connectivity index (χ4n) is 3.30. The summed E-state index contributed by atoms with van der Waals surface area (Å²) in [6.07, 6.45) is 4.91. The molecular formula is C22H17N3O. The number of ketones is 1. The van der Waals surface area contributed by atoms with Crippen molar-refractivity contribution >= 4 is 11.9 Å². The van der Waals surface area contributed by atoms with Crippen LogP contribution < -0.4 is 0 Å². The molecule has 0 atom stereocenters. The predicted molar refractivity (Wildman–Crippen MR) is 100 cm³/mol. The first-order valence-corrected chi connectivity index (χ1v) is 8.59. The van der Waals surface area contributed by atoms with Gasteiger partial charge in [0.15, 0.2) is 5.78 Å². The van der Waals surface area contributed by atoms with Crippen molar-refractivity contribution in [3.05, 3.63) is 83.1 Å². The molecule has 0 N–H and O–H groups in total. The second kappa shape index (κ2) is 6.81. The molecule has 0 radical (unpaired) electrons. The lowest BCUT2D eigenvalue weighted by molar-refractivity contribution is 0.104. The molecule has 0 aliphatic heterocycles. The number of aryl methyl sites for hydroxylation is 1. The van der Waals surface area contributed by atoms with E-state index >= 15 is 0 Å². The number of allylic oxidation sites excluding steroid dienone is 1. The summed E-state index contributed by atoms with van der Waals surface area (Å²) in [4.78, 5) is 12.7. The van der Waals surface area contributed by atoms with Gasteiger partial charge in [0.2, 0.25) is 0 Å². The number of rotatable bonds is 4. The Morgan fingerprint density at radius 2 is 1.88 bits per heavy atom. The minimum absolute atomic E-state index is 0.0874. The average molecular weight is 339 g/mol. The second-order valence-corrected chi connectivity index (χ2v) is 6.30. The van der Waals surface area contributed by atoms with Crippen molar-refractivity contribution in [1.82, 2.24) is 9.78 Å². The van der Waals surface area contributed by atoms with Gasteiger partial charge < -0.3 is 0 Å². The third kappa shape index (κ3) is 2.96. The van der Waals surface area contributed by atoms with E-state index in [0.717, 1.165) is 33.5 Å². The van der Waals surface area contributed by atoms with E-state index in [-0.39, 0.29) is 5.78 Å². The van der Waals surface area contributed by atoms with E-state index in [1.807, 2.05) is 66.9 Å². The van der Waals surface area contributed by atoms with Crippen LogP contribution in [0.5, 0.6) is 0 Å². The van der Waals surface area contributed by atoms with Gasteiger partial charge in [-0.1, -0.05) is 54.6 Å². The Morgan fingerprint density at radius 3 is 2.65 bits per heavy atom. The van der Waals surface area contributed by atoms with Gasteiger partial charge in [0.05, 0.1) is 24.7 Å². The minimum atomic E-state index is 0.0874. The van der Waals surface area contributed by atoms with Crippen LogP contribution in [0.15, 0.2) is 66.4 Å². The molecule has 0 saturated carbocycles. The topological polar surface area (TPSA) is 58.7 Å². The van der Waals surface area contributed by atoms with Gasteiger partial charge in [0.25, 0.3) is 0 Å². The molecule has 126 valence electrons. The Morgan fingerprint density at radius 1 is 1.12 bits per heavy atom. The third-order valence-corrected chi connectivity index (χ3v) is 4.55. The summed E-state index contributed by atoms with van der Waals surface area (Å²) in [5.74, 6) is 0.0874. The van der Waals surface area contributed by atoms with Crippen molar-refractivity contribution in [3.63, 3.8) is 0 Å². The van der Waals surface area contributed by atoms with Gasteiger partial charge in [0.1, 0.15) is 0 Å². The number of nitriles is 1. The van der Waals surface area contributed by atoms with Crippen LogP contribution in [0.1, 0.15) is 27.9 Å². The molecule has 1 aliphatic carbocycles. The highest BCUT2D eigenvalue weighted by Crippen LogP contribution is 2.30. The molecule has 3 aromatic rings. The van der Waals surface area contributed by atoms with Crippen LogP contribution in [0.3, 0.4) is 0 Å². The van der Waals surface area contributed by atoms with Crippen LogP contribution in [0.25, 0.3) is 17.3 Å². The van der Waals surface area contributed by atoms with Crippen LogP contribution in [-0.2, 0) is 13.0 Å². The largest absolute Gasteiger partial charge is 0.289 e. The summed E-state index contributed by atoms with van der Waals surface area (Å²) in [6, 6.07) is 19.8. The Hall–Kier alpha value is -3.45. The molecule has 1 aromatic heterocycles. The van der Waals surface area contributed by atoms with E-state index in [9.17, 15) is 4.79 Å². The molecule has 0 unspecified atom stereocenters. The number of aromatic nitrogens is 2. The Bertz CT molecular complexity index is 1040. The molecule has 2 aromatic carbocycles. The van der Waals surface area contributed by atoms with Crippen molar-refractivity contribution in [2.24, 2.45) is 0 Å². The monoisotopic (exact) mass is 339 g/mol. The molecule has 4 rings (SSSR count). The van der Waals surface area contributed by atoms with Crippen LogP contribution in [-0.4, -0.2) is 15.6 Å². The first-order chi connectivity index (χ1) is 12.8. The van der Waals surface area contributed by atoms with Crippen molar-refractivity contribution in [3.8, 4) is 17.3 Å². The molecule has 0 fully saturated rings. The van der Waals surface area contributed by atoms with Crippen molar-refractivity contribution in [2.45, 2.75) is 19.4 Å². The van der Waals surface area contributed by atoms with Gasteiger partial charge in [-0.15, -0.1) is 0 Å². The summed E-state index contributed by atoms with van der Waals surface area (Å²) < 4.78 is 1.78. The fraction of sp³-hybridized carbons (Fsp3) is 0.136. The van der Waals surface area contributed by atoms with Gasteiger partial charge in [-0.3, -0.25) is 9.48 Å². The fourth-order valence-corrected chi connectivity index (χ4v) is 3.30. The van der Waals surface area contributed by atoms with Crippen molar-refractivity contribution in [2.75, 3.05) is 0 Å². The lowest BCUT2D eigenvalue weighted by Crippen LogP contribution is -1.97.